The van der Waals surface area contributed by atoms with Crippen molar-refractivity contribution in [1.82, 2.24) is 0 Å². The molecule has 1 aliphatic rings. The molecule has 1 aliphatic heterocycles. The molecule has 0 aromatic heterocycles. The maximum absolute atomic E-state index is 5.14. The summed E-state index contributed by atoms with van der Waals surface area (Å²) >= 11 is 0. The van der Waals surface area contributed by atoms with E-state index in [2.05, 4.69) is 13.2 Å². The zero-order chi connectivity index (χ0) is 10.1. The second-order valence-electron chi connectivity index (χ2n) is 3.04. The van der Waals surface area contributed by atoms with E-state index in [0.29, 0.717) is 0 Å². The smallest absolute Gasteiger partial charge is 0.533 e. The van der Waals surface area contributed by atoms with Gasteiger partial charge in [0.15, 0.2) is 0 Å². The average Bonchev–Trinajstić information content (AvgIpc) is 2.33. The van der Waals surface area contributed by atoms with E-state index in [-0.39, 0.29) is 46.3 Å². The molecule has 4 heteroatoms. The molecule has 1 heterocycles. The first-order chi connectivity index (χ1) is 6.93. The van der Waals surface area contributed by atoms with Gasteiger partial charge in [-0.25, -0.2) is 7.11 Å². The summed E-state index contributed by atoms with van der Waals surface area (Å²) in [5, 5.41) is 0. The number of hydrogen-bond donors (Lipinski definition) is 0. The van der Waals surface area contributed by atoms with Gasteiger partial charge in [-0.3, -0.25) is 0 Å². The molecular formula is C12H17BrMgO2. The number of halogens is 1. The molecule has 1 fully saturated rings. The first kappa shape index (κ1) is 18.7. The zero-order valence-corrected chi connectivity index (χ0v) is 12.6. The molecular weight excluding hydrogens is 280 g/mol. The molecule has 0 aliphatic carbocycles. The molecule has 1 unspecified atom stereocenters. The van der Waals surface area contributed by atoms with Crippen LogP contribution in [0.2, 0.25) is 0 Å². The minimum absolute atomic E-state index is 0. The molecule has 1 aromatic rings. The third kappa shape index (κ3) is 9.60. The molecule has 2 rings (SSSR count). The fourth-order valence-electron chi connectivity index (χ4n) is 1.18. The quantitative estimate of drug-likeness (QED) is 0.586. The van der Waals surface area contributed by atoms with Gasteiger partial charge in [-0.15, -0.1) is 17.0 Å². The van der Waals surface area contributed by atoms with Gasteiger partial charge in [-0.05, 0) is 19.3 Å². The van der Waals surface area contributed by atoms with Gasteiger partial charge in [-0.1, -0.05) is 0 Å². The molecule has 0 radical (unpaired) electrons. The largest absolute Gasteiger partial charge is 2.00 e. The monoisotopic (exact) mass is 296 g/mol. The van der Waals surface area contributed by atoms with Gasteiger partial charge in [0, 0.05) is 6.61 Å². The minimum atomic E-state index is -0.0243. The molecule has 2 nitrogen and oxygen atoms in total. The fourth-order valence-corrected chi connectivity index (χ4v) is 1.18. The Morgan fingerprint density at radius 2 is 1.88 bits per heavy atom. The second kappa shape index (κ2) is 13.5. The zero-order valence-electron chi connectivity index (χ0n) is 9.43. The number of ether oxygens (including phenoxy) is 2. The van der Waals surface area contributed by atoms with Crippen LogP contribution in [0, 0.1) is 13.2 Å². The molecule has 1 atom stereocenters. The van der Waals surface area contributed by atoms with E-state index in [4.69, 9.17) is 9.47 Å². The van der Waals surface area contributed by atoms with E-state index in [1.165, 1.54) is 12.8 Å². The Bertz CT molecular complexity index is 189. The Balaban J connectivity index is 0. The first-order valence-corrected chi connectivity index (χ1v) is 4.87. The van der Waals surface area contributed by atoms with Crippen molar-refractivity contribution in [2.45, 2.75) is 25.6 Å². The van der Waals surface area contributed by atoms with Crippen LogP contribution in [0.25, 0.3) is 0 Å². The molecule has 0 amide bonds. The van der Waals surface area contributed by atoms with Crippen molar-refractivity contribution in [3.05, 3.63) is 43.5 Å². The Labute approximate surface area is 125 Å². The van der Waals surface area contributed by atoms with Crippen molar-refractivity contribution in [3.63, 3.8) is 0 Å². The predicted molar refractivity (Wildman–Crippen MR) is 71.4 cm³/mol. The molecule has 0 saturated carbocycles. The summed E-state index contributed by atoms with van der Waals surface area (Å²) in [4.78, 5) is 0. The fraction of sp³-hybridized carbons (Fsp3) is 0.417. The van der Waals surface area contributed by atoms with E-state index in [1.807, 2.05) is 30.3 Å². The van der Waals surface area contributed by atoms with Crippen molar-refractivity contribution < 1.29 is 9.47 Å². The third-order valence-corrected chi connectivity index (χ3v) is 1.93. The van der Waals surface area contributed by atoms with Gasteiger partial charge >= 0.3 is 23.1 Å². The van der Waals surface area contributed by atoms with E-state index in [1.54, 1.807) is 0 Å². The molecule has 1 aromatic carbocycles. The molecule has 86 valence electrons. The molecule has 16 heavy (non-hydrogen) atoms. The van der Waals surface area contributed by atoms with Crippen molar-refractivity contribution in [2.75, 3.05) is 6.61 Å². The number of rotatable bonds is 1. The minimum Gasteiger partial charge on any atom is -0.533 e. The van der Waals surface area contributed by atoms with Crippen LogP contribution in [0.3, 0.4) is 0 Å². The van der Waals surface area contributed by atoms with Crippen LogP contribution in [-0.2, 0) is 9.47 Å². The summed E-state index contributed by atoms with van der Waals surface area (Å²) < 4.78 is 9.86. The van der Waals surface area contributed by atoms with E-state index in [9.17, 15) is 0 Å². The van der Waals surface area contributed by atoms with Crippen LogP contribution in [0.1, 0.15) is 19.3 Å². The molecule has 1 saturated heterocycles. The summed E-state index contributed by atoms with van der Waals surface area (Å²) in [6, 6.07) is 12.5. The Hall–Kier alpha value is 0.386. The average molecular weight is 297 g/mol. The number of hydrogen-bond acceptors (Lipinski definition) is 2. The second-order valence-corrected chi connectivity index (χ2v) is 3.04. The van der Waals surface area contributed by atoms with Gasteiger partial charge in [0.05, 0.1) is 0 Å². The summed E-state index contributed by atoms with van der Waals surface area (Å²) in [7, 11) is 3.28. The maximum atomic E-state index is 5.14. The Morgan fingerprint density at radius 1 is 1.19 bits per heavy atom. The van der Waals surface area contributed by atoms with Crippen LogP contribution in [0.4, 0.5) is 0 Å². The summed E-state index contributed by atoms with van der Waals surface area (Å²) in [5.41, 5.74) is 0. The third-order valence-electron chi connectivity index (χ3n) is 1.93. The first-order valence-electron chi connectivity index (χ1n) is 4.87. The van der Waals surface area contributed by atoms with Crippen LogP contribution >= 0.6 is 17.0 Å². The maximum Gasteiger partial charge on any atom is 2.00 e. The van der Waals surface area contributed by atoms with Gasteiger partial charge in [0.1, 0.15) is 6.29 Å². The van der Waals surface area contributed by atoms with E-state index in [0.717, 1.165) is 13.0 Å². The summed E-state index contributed by atoms with van der Waals surface area (Å²) in [6.45, 7) is 0.834. The topological polar surface area (TPSA) is 18.5 Å². The SMILES string of the molecule is Br.[CH2-]OC1CCCCO1.[Mg+2].[c-]1ccccc1. The Morgan fingerprint density at radius 3 is 2.12 bits per heavy atom. The van der Waals surface area contributed by atoms with E-state index < -0.39 is 0 Å². The van der Waals surface area contributed by atoms with Crippen molar-refractivity contribution in [1.29, 1.82) is 0 Å². The van der Waals surface area contributed by atoms with E-state index >= 15 is 0 Å². The summed E-state index contributed by atoms with van der Waals surface area (Å²) in [5.74, 6) is 0. The van der Waals surface area contributed by atoms with Crippen LogP contribution in [-0.4, -0.2) is 35.9 Å². The van der Waals surface area contributed by atoms with Crippen molar-refractivity contribution in [2.24, 2.45) is 0 Å². The molecule has 0 spiro atoms. The molecule has 0 N–H and O–H groups in total. The van der Waals surface area contributed by atoms with Crippen LogP contribution < -0.4 is 0 Å². The van der Waals surface area contributed by atoms with Gasteiger partial charge in [0.2, 0.25) is 0 Å². The van der Waals surface area contributed by atoms with Crippen LogP contribution in [0.15, 0.2) is 30.3 Å². The Kier molecular flexibility index (Phi) is 15.8. The van der Waals surface area contributed by atoms with Crippen LogP contribution in [0.5, 0.6) is 0 Å². The van der Waals surface area contributed by atoms with Gasteiger partial charge in [-0.2, -0.15) is 36.4 Å². The van der Waals surface area contributed by atoms with Gasteiger partial charge in [0.25, 0.3) is 0 Å². The standard InChI is InChI=1S/C6H11O2.C6H5.BrH.Mg/c1-7-6-4-2-3-5-8-6;1-2-4-6-5-3-1;;/h6H,1-5H2;1-5H;1H;/q2*-1;;+2. The van der Waals surface area contributed by atoms with Crippen molar-refractivity contribution in [3.8, 4) is 0 Å². The summed E-state index contributed by atoms with van der Waals surface area (Å²) in [6.07, 6.45) is 3.35. The molecule has 0 bridgehead atoms. The number of benzene rings is 1. The predicted octanol–water partition coefficient (Wildman–Crippen LogP) is 3.01. The van der Waals surface area contributed by atoms with Crippen molar-refractivity contribution >= 4 is 40.0 Å². The normalized spacial score (nSPS) is 18.2. The van der Waals surface area contributed by atoms with Gasteiger partial charge < -0.3 is 9.47 Å².